The zero-order valence-electron chi connectivity index (χ0n) is 19.1. The number of allylic oxidation sites excluding steroid dienone is 1. The number of rotatable bonds is 7. The van der Waals surface area contributed by atoms with Gasteiger partial charge >= 0.3 is 5.97 Å². The van der Waals surface area contributed by atoms with Crippen molar-refractivity contribution in [2.24, 2.45) is 4.99 Å². The molecule has 1 aliphatic rings. The minimum Gasteiger partial charge on any atom is -0.493 e. The second-order valence-corrected chi connectivity index (χ2v) is 10.1. The highest BCUT2D eigenvalue weighted by Crippen LogP contribution is 2.37. The molecule has 0 unspecified atom stereocenters. The van der Waals surface area contributed by atoms with Gasteiger partial charge in [-0.1, -0.05) is 17.4 Å². The number of methoxy groups -OCH3 is 1. The number of carbonyl (C=O) groups is 1. The highest BCUT2D eigenvalue weighted by atomic mass is 79.9. The van der Waals surface area contributed by atoms with Crippen LogP contribution in [-0.4, -0.2) is 30.9 Å². The molecule has 1 aromatic carbocycles. The number of benzene rings is 1. The molecule has 178 valence electrons. The van der Waals surface area contributed by atoms with Gasteiger partial charge in [0.05, 0.1) is 40.6 Å². The fraction of sp³-hybridized carbons (Fsp3) is 0.292. The average molecular weight is 563 g/mol. The maximum absolute atomic E-state index is 13.6. The summed E-state index contributed by atoms with van der Waals surface area (Å²) in [7, 11) is 1.57. The molecular formula is C24H23BrN2O5S2. The molecule has 1 atom stereocenters. The third-order valence-electron chi connectivity index (χ3n) is 5.17. The van der Waals surface area contributed by atoms with E-state index in [1.54, 1.807) is 31.6 Å². The zero-order chi connectivity index (χ0) is 24.4. The zero-order valence-corrected chi connectivity index (χ0v) is 22.3. The van der Waals surface area contributed by atoms with Crippen molar-refractivity contribution in [3.8, 4) is 11.5 Å². The van der Waals surface area contributed by atoms with Crippen LogP contribution in [-0.2, 0) is 9.53 Å². The minimum absolute atomic E-state index is 0.222. The van der Waals surface area contributed by atoms with E-state index >= 15 is 0 Å². The second-order valence-electron chi connectivity index (χ2n) is 7.28. The Labute approximate surface area is 212 Å². The first-order valence-electron chi connectivity index (χ1n) is 10.6. The Kier molecular flexibility index (Phi) is 7.39. The lowest BCUT2D eigenvalue weighted by Gasteiger charge is -2.23. The lowest BCUT2D eigenvalue weighted by Crippen LogP contribution is -2.39. The van der Waals surface area contributed by atoms with Crippen LogP contribution in [0.4, 0.5) is 0 Å². The maximum atomic E-state index is 13.6. The Morgan fingerprint density at radius 2 is 2.09 bits per heavy atom. The molecule has 0 radical (unpaired) electrons. The van der Waals surface area contributed by atoms with Crippen molar-refractivity contribution < 1.29 is 19.0 Å². The van der Waals surface area contributed by atoms with Crippen molar-refractivity contribution in [2.45, 2.75) is 26.8 Å². The van der Waals surface area contributed by atoms with E-state index in [1.807, 2.05) is 36.6 Å². The van der Waals surface area contributed by atoms with Crippen LogP contribution in [0.25, 0.3) is 6.08 Å². The number of carbonyl (C=O) groups excluding carboxylic acids is 1. The van der Waals surface area contributed by atoms with Crippen molar-refractivity contribution in [1.29, 1.82) is 0 Å². The van der Waals surface area contributed by atoms with Gasteiger partial charge in [0.15, 0.2) is 16.3 Å². The molecule has 7 nitrogen and oxygen atoms in total. The number of thiazole rings is 1. The third kappa shape index (κ3) is 4.49. The van der Waals surface area contributed by atoms with E-state index in [4.69, 9.17) is 14.2 Å². The van der Waals surface area contributed by atoms with Gasteiger partial charge in [0.1, 0.15) is 6.04 Å². The number of ether oxygens (including phenoxy) is 3. The van der Waals surface area contributed by atoms with Crippen molar-refractivity contribution in [3.63, 3.8) is 0 Å². The van der Waals surface area contributed by atoms with E-state index in [1.165, 1.54) is 22.7 Å². The first-order chi connectivity index (χ1) is 16.4. The quantitative estimate of drug-likeness (QED) is 0.406. The molecule has 0 fully saturated rings. The molecule has 0 saturated carbocycles. The number of hydrogen-bond donors (Lipinski definition) is 0. The van der Waals surface area contributed by atoms with Gasteiger partial charge < -0.3 is 14.2 Å². The van der Waals surface area contributed by atoms with Crippen LogP contribution < -0.4 is 24.4 Å². The van der Waals surface area contributed by atoms with E-state index in [2.05, 4.69) is 20.9 Å². The molecular weight excluding hydrogens is 540 g/mol. The summed E-state index contributed by atoms with van der Waals surface area (Å²) in [6, 6.07) is 6.92. The van der Waals surface area contributed by atoms with Crippen LogP contribution in [0.15, 0.2) is 55.2 Å². The van der Waals surface area contributed by atoms with Gasteiger partial charge in [0.2, 0.25) is 0 Å². The monoisotopic (exact) mass is 562 g/mol. The van der Waals surface area contributed by atoms with Gasteiger partial charge in [-0.05, 0) is 71.9 Å². The largest absolute Gasteiger partial charge is 0.493 e. The highest BCUT2D eigenvalue weighted by Gasteiger charge is 2.33. The summed E-state index contributed by atoms with van der Waals surface area (Å²) < 4.78 is 19.3. The Balaban J connectivity index is 1.90. The number of thiophene rings is 1. The summed E-state index contributed by atoms with van der Waals surface area (Å²) in [6.45, 7) is 6.17. The van der Waals surface area contributed by atoms with Gasteiger partial charge in [-0.2, -0.15) is 0 Å². The van der Waals surface area contributed by atoms with Crippen molar-refractivity contribution in [2.75, 3.05) is 20.3 Å². The Hall–Kier alpha value is -2.69. The van der Waals surface area contributed by atoms with Gasteiger partial charge in [0, 0.05) is 4.88 Å². The molecule has 0 spiro atoms. The highest BCUT2D eigenvalue weighted by molar-refractivity contribution is 9.10. The molecule has 1 aliphatic heterocycles. The molecule has 0 saturated heterocycles. The van der Waals surface area contributed by atoms with Crippen LogP contribution in [0.5, 0.6) is 11.5 Å². The van der Waals surface area contributed by atoms with Crippen LogP contribution in [0, 0.1) is 0 Å². The summed E-state index contributed by atoms with van der Waals surface area (Å²) in [4.78, 5) is 32.5. The molecule has 10 heteroatoms. The van der Waals surface area contributed by atoms with E-state index in [9.17, 15) is 9.59 Å². The number of aromatic nitrogens is 1. The smallest absolute Gasteiger partial charge is 0.338 e. The van der Waals surface area contributed by atoms with Gasteiger partial charge in [-0.25, -0.2) is 9.79 Å². The second kappa shape index (κ2) is 10.3. The fourth-order valence-corrected chi connectivity index (χ4v) is 6.21. The third-order valence-corrected chi connectivity index (χ3v) is 7.66. The maximum Gasteiger partial charge on any atom is 0.338 e. The molecule has 0 N–H and O–H groups in total. The Bertz CT molecular complexity index is 1440. The number of hydrogen-bond acceptors (Lipinski definition) is 8. The molecule has 0 aliphatic carbocycles. The lowest BCUT2D eigenvalue weighted by molar-refractivity contribution is -0.139. The van der Waals surface area contributed by atoms with Crippen molar-refractivity contribution in [3.05, 3.63) is 75.5 Å². The van der Waals surface area contributed by atoms with Gasteiger partial charge in [-0.15, -0.1) is 11.3 Å². The topological polar surface area (TPSA) is 79.1 Å². The molecule has 0 bridgehead atoms. The van der Waals surface area contributed by atoms with Gasteiger partial charge in [-0.3, -0.25) is 9.36 Å². The van der Waals surface area contributed by atoms with E-state index in [-0.39, 0.29) is 12.2 Å². The number of nitrogens with zero attached hydrogens (tertiary/aromatic N) is 2. The number of halogens is 1. The van der Waals surface area contributed by atoms with E-state index < -0.39 is 12.0 Å². The standard InChI is InChI=1S/C24H23BrN2O5S2/c1-5-31-21-15(25)10-14(11-16(21)30-4)12-18-22(28)27-20(17-8-7-9-33-17)19(23(29)32-6-2)13(3)26-24(27)34-18/h7-12,20H,5-6H2,1-4H3/b18-12-/t20-/m1/s1. The van der Waals surface area contributed by atoms with Crippen molar-refractivity contribution >= 4 is 50.6 Å². The summed E-state index contributed by atoms with van der Waals surface area (Å²) in [5.74, 6) is 0.708. The summed E-state index contributed by atoms with van der Waals surface area (Å²) in [5.41, 5.74) is 1.48. The number of fused-ring (bicyclic) bond motifs is 1. The Morgan fingerprint density at radius 3 is 2.74 bits per heavy atom. The normalized spacial score (nSPS) is 15.7. The predicted octanol–water partition coefficient (Wildman–Crippen LogP) is 4.03. The molecule has 0 amide bonds. The summed E-state index contributed by atoms with van der Waals surface area (Å²) in [5, 5.41) is 1.92. The van der Waals surface area contributed by atoms with E-state index in [0.717, 1.165) is 14.9 Å². The lowest BCUT2D eigenvalue weighted by atomic mass is 10.0. The van der Waals surface area contributed by atoms with Crippen LogP contribution >= 0.6 is 38.6 Å². The first kappa shape index (κ1) is 24.4. The van der Waals surface area contributed by atoms with Crippen LogP contribution in [0.1, 0.15) is 37.3 Å². The number of esters is 1. The van der Waals surface area contributed by atoms with Crippen LogP contribution in [0.3, 0.4) is 0 Å². The summed E-state index contributed by atoms with van der Waals surface area (Å²) in [6.07, 6.45) is 1.79. The Morgan fingerprint density at radius 1 is 1.29 bits per heavy atom. The average Bonchev–Trinajstić information content (AvgIpc) is 3.43. The van der Waals surface area contributed by atoms with Crippen LogP contribution in [0.2, 0.25) is 0 Å². The predicted molar refractivity (Wildman–Crippen MR) is 137 cm³/mol. The van der Waals surface area contributed by atoms with E-state index in [0.29, 0.717) is 38.7 Å². The molecule has 2 aromatic heterocycles. The first-order valence-corrected chi connectivity index (χ1v) is 13.1. The molecule has 4 rings (SSSR count). The fourth-order valence-electron chi connectivity index (χ4n) is 3.77. The molecule has 3 heterocycles. The molecule has 3 aromatic rings. The SMILES string of the molecule is CCOC(=O)C1=C(C)N=c2s/c(=C\c3cc(Br)c(OCC)c(OC)c3)c(=O)n2[C@@H]1c1cccs1. The minimum atomic E-state index is -0.584. The summed E-state index contributed by atoms with van der Waals surface area (Å²) >= 11 is 6.30. The van der Waals surface area contributed by atoms with Gasteiger partial charge in [0.25, 0.3) is 5.56 Å². The molecule has 34 heavy (non-hydrogen) atoms. The van der Waals surface area contributed by atoms with Crippen molar-refractivity contribution in [1.82, 2.24) is 4.57 Å².